The summed E-state index contributed by atoms with van der Waals surface area (Å²) >= 11 is 0. The van der Waals surface area contributed by atoms with Gasteiger partial charge in [-0.15, -0.1) is 0 Å². The van der Waals surface area contributed by atoms with E-state index in [2.05, 4.69) is 54.7 Å². The molecule has 110 valence electrons. The molecule has 1 fully saturated rings. The van der Waals surface area contributed by atoms with E-state index in [4.69, 9.17) is 4.74 Å². The number of nitrogens with one attached hydrogen (secondary N) is 1. The maximum atomic E-state index is 5.90. The normalized spacial score (nSPS) is 14.1. The van der Waals surface area contributed by atoms with Gasteiger partial charge in [0.2, 0.25) is 0 Å². The molecule has 0 bridgehead atoms. The highest BCUT2D eigenvalue weighted by Crippen LogP contribution is 2.20. The Kier molecular flexibility index (Phi) is 4.56. The fourth-order valence-electron chi connectivity index (χ4n) is 2.33. The molecule has 2 nitrogen and oxygen atoms in total. The van der Waals surface area contributed by atoms with Crippen molar-refractivity contribution in [2.24, 2.45) is 0 Å². The third-order valence-electron chi connectivity index (χ3n) is 3.91. The fraction of sp³-hybridized carbons (Fsp3) is 0.368. The Labute approximate surface area is 127 Å². The molecule has 0 amide bonds. The molecule has 0 unspecified atom stereocenters. The van der Waals surface area contributed by atoms with Crippen LogP contribution in [-0.4, -0.2) is 6.04 Å². The third kappa shape index (κ3) is 4.33. The van der Waals surface area contributed by atoms with Gasteiger partial charge in [-0.1, -0.05) is 43.3 Å². The van der Waals surface area contributed by atoms with E-state index in [1.165, 1.54) is 29.5 Å². The quantitative estimate of drug-likeness (QED) is 0.825. The molecule has 1 aliphatic carbocycles. The Balaban J connectivity index is 1.54. The summed E-state index contributed by atoms with van der Waals surface area (Å²) < 4.78 is 5.90. The maximum absolute atomic E-state index is 5.90. The van der Waals surface area contributed by atoms with Crippen LogP contribution in [0.4, 0.5) is 0 Å². The van der Waals surface area contributed by atoms with E-state index in [-0.39, 0.29) is 0 Å². The average Bonchev–Trinajstić information content (AvgIpc) is 3.36. The van der Waals surface area contributed by atoms with Gasteiger partial charge in [0.25, 0.3) is 0 Å². The largest absolute Gasteiger partial charge is 0.489 e. The van der Waals surface area contributed by atoms with Crippen molar-refractivity contribution in [2.45, 2.75) is 45.4 Å². The van der Waals surface area contributed by atoms with Crippen LogP contribution in [0.1, 0.15) is 36.5 Å². The summed E-state index contributed by atoms with van der Waals surface area (Å²) in [5.74, 6) is 0.949. The molecule has 1 N–H and O–H groups in total. The first-order chi connectivity index (χ1) is 10.3. The Morgan fingerprint density at radius 3 is 2.48 bits per heavy atom. The molecular weight excluding hydrogens is 258 g/mol. The molecule has 0 heterocycles. The number of ether oxygens (including phenoxy) is 1. The molecule has 2 heteroatoms. The van der Waals surface area contributed by atoms with Crippen LogP contribution in [0.5, 0.6) is 5.75 Å². The number of hydrogen-bond acceptors (Lipinski definition) is 2. The highest BCUT2D eigenvalue weighted by atomic mass is 16.5. The lowest BCUT2D eigenvalue weighted by Crippen LogP contribution is -2.15. The predicted molar refractivity (Wildman–Crippen MR) is 86.5 cm³/mol. The molecule has 0 radical (unpaired) electrons. The summed E-state index contributed by atoms with van der Waals surface area (Å²) in [5, 5.41) is 3.53. The predicted octanol–water partition coefficient (Wildman–Crippen LogP) is 4.08. The zero-order valence-electron chi connectivity index (χ0n) is 12.6. The van der Waals surface area contributed by atoms with Crippen molar-refractivity contribution in [3.63, 3.8) is 0 Å². The standard InChI is InChI=1S/C19H23NO/c1-2-15-6-8-16(9-7-15)14-21-19-5-3-4-17(12-19)13-20-18-10-11-18/h3-9,12,18,20H,2,10-11,13-14H2,1H3. The van der Waals surface area contributed by atoms with Crippen molar-refractivity contribution in [2.75, 3.05) is 0 Å². The lowest BCUT2D eigenvalue weighted by Gasteiger charge is -2.09. The molecule has 2 aromatic rings. The number of benzene rings is 2. The van der Waals surface area contributed by atoms with Gasteiger partial charge in [-0.3, -0.25) is 0 Å². The number of rotatable bonds is 7. The molecule has 0 aliphatic heterocycles. The smallest absolute Gasteiger partial charge is 0.120 e. The Bertz CT molecular complexity index is 572. The summed E-state index contributed by atoms with van der Waals surface area (Å²) in [6.45, 7) is 3.74. The fourth-order valence-corrected chi connectivity index (χ4v) is 2.33. The van der Waals surface area contributed by atoms with Gasteiger partial charge < -0.3 is 10.1 Å². The van der Waals surface area contributed by atoms with E-state index >= 15 is 0 Å². The zero-order chi connectivity index (χ0) is 14.5. The monoisotopic (exact) mass is 281 g/mol. The van der Waals surface area contributed by atoms with Crippen LogP contribution >= 0.6 is 0 Å². The molecule has 1 aliphatic rings. The molecule has 0 spiro atoms. The van der Waals surface area contributed by atoms with Gasteiger partial charge >= 0.3 is 0 Å². The molecular formula is C19H23NO. The van der Waals surface area contributed by atoms with Gasteiger partial charge in [-0.25, -0.2) is 0 Å². The molecule has 1 saturated carbocycles. The van der Waals surface area contributed by atoms with Crippen molar-refractivity contribution in [1.29, 1.82) is 0 Å². The first-order valence-corrected chi connectivity index (χ1v) is 7.86. The molecule has 2 aromatic carbocycles. The van der Waals surface area contributed by atoms with Gasteiger partial charge in [0, 0.05) is 12.6 Å². The van der Waals surface area contributed by atoms with Crippen molar-refractivity contribution >= 4 is 0 Å². The van der Waals surface area contributed by atoms with Gasteiger partial charge in [-0.05, 0) is 48.1 Å². The van der Waals surface area contributed by atoms with Crippen molar-refractivity contribution in [3.8, 4) is 5.75 Å². The lowest BCUT2D eigenvalue weighted by atomic mass is 10.1. The second-order valence-electron chi connectivity index (χ2n) is 5.76. The van der Waals surface area contributed by atoms with Gasteiger partial charge in [0.15, 0.2) is 0 Å². The summed E-state index contributed by atoms with van der Waals surface area (Å²) in [4.78, 5) is 0. The minimum Gasteiger partial charge on any atom is -0.489 e. The average molecular weight is 281 g/mol. The van der Waals surface area contributed by atoms with Gasteiger partial charge in [-0.2, -0.15) is 0 Å². The lowest BCUT2D eigenvalue weighted by molar-refractivity contribution is 0.306. The highest BCUT2D eigenvalue weighted by molar-refractivity contribution is 5.29. The Hall–Kier alpha value is -1.80. The van der Waals surface area contributed by atoms with Crippen molar-refractivity contribution in [3.05, 3.63) is 65.2 Å². The van der Waals surface area contributed by atoms with Gasteiger partial charge in [0.1, 0.15) is 12.4 Å². The molecule has 0 atom stereocenters. The van der Waals surface area contributed by atoms with E-state index in [0.29, 0.717) is 6.61 Å². The zero-order valence-corrected chi connectivity index (χ0v) is 12.6. The molecule has 0 saturated heterocycles. The van der Waals surface area contributed by atoms with Crippen molar-refractivity contribution in [1.82, 2.24) is 5.32 Å². The van der Waals surface area contributed by atoms with Crippen molar-refractivity contribution < 1.29 is 4.74 Å². The minimum absolute atomic E-state index is 0.628. The second-order valence-corrected chi connectivity index (χ2v) is 5.76. The maximum Gasteiger partial charge on any atom is 0.120 e. The SMILES string of the molecule is CCc1ccc(COc2cccc(CNC3CC3)c2)cc1. The van der Waals surface area contributed by atoms with E-state index in [0.717, 1.165) is 24.8 Å². The van der Waals surface area contributed by atoms with Crippen LogP contribution in [-0.2, 0) is 19.6 Å². The number of aryl methyl sites for hydroxylation is 1. The second kappa shape index (κ2) is 6.77. The van der Waals surface area contributed by atoms with Gasteiger partial charge in [0.05, 0.1) is 0 Å². The Morgan fingerprint density at radius 1 is 1.00 bits per heavy atom. The van der Waals surface area contributed by atoms with E-state index in [1.807, 2.05) is 6.07 Å². The first kappa shape index (κ1) is 14.2. The molecule has 3 rings (SSSR count). The topological polar surface area (TPSA) is 21.3 Å². The Morgan fingerprint density at radius 2 is 1.76 bits per heavy atom. The summed E-state index contributed by atoms with van der Waals surface area (Å²) in [7, 11) is 0. The van der Waals surface area contributed by atoms with Crippen LogP contribution in [0.25, 0.3) is 0 Å². The summed E-state index contributed by atoms with van der Waals surface area (Å²) in [5.41, 5.74) is 3.88. The molecule has 21 heavy (non-hydrogen) atoms. The van der Waals surface area contributed by atoms with Crippen LogP contribution in [0.3, 0.4) is 0 Å². The first-order valence-electron chi connectivity index (χ1n) is 7.86. The van der Waals surface area contributed by atoms with Crippen LogP contribution in [0, 0.1) is 0 Å². The third-order valence-corrected chi connectivity index (χ3v) is 3.91. The van der Waals surface area contributed by atoms with E-state index < -0.39 is 0 Å². The highest BCUT2D eigenvalue weighted by Gasteiger charge is 2.19. The van der Waals surface area contributed by atoms with E-state index in [9.17, 15) is 0 Å². The number of hydrogen-bond donors (Lipinski definition) is 1. The summed E-state index contributed by atoms with van der Waals surface area (Å²) in [6, 6.07) is 17.8. The minimum atomic E-state index is 0.628. The van der Waals surface area contributed by atoms with E-state index in [1.54, 1.807) is 0 Å². The van der Waals surface area contributed by atoms with Crippen LogP contribution in [0.15, 0.2) is 48.5 Å². The summed E-state index contributed by atoms with van der Waals surface area (Å²) in [6.07, 6.45) is 3.73. The molecule has 0 aromatic heterocycles. The van der Waals surface area contributed by atoms with Crippen LogP contribution in [0.2, 0.25) is 0 Å². The van der Waals surface area contributed by atoms with Crippen LogP contribution < -0.4 is 10.1 Å².